The molecule has 0 unspecified atom stereocenters. The van der Waals surface area contributed by atoms with Gasteiger partial charge >= 0.3 is 0 Å². The van der Waals surface area contributed by atoms with Gasteiger partial charge in [-0.05, 0) is 36.2 Å². The lowest BCUT2D eigenvalue weighted by molar-refractivity contribution is 0.0733. The van der Waals surface area contributed by atoms with Gasteiger partial charge in [0.05, 0.1) is 25.4 Å². The van der Waals surface area contributed by atoms with E-state index in [-0.39, 0.29) is 11.2 Å². The molecule has 10 heteroatoms. The highest BCUT2D eigenvalue weighted by Gasteiger charge is 2.26. The fraction of sp³-hybridized carbons (Fsp3) is 0.400. The Morgan fingerprint density at radius 2 is 1.97 bits per heavy atom. The van der Waals surface area contributed by atoms with Gasteiger partial charge in [0.25, 0.3) is 5.91 Å². The second kappa shape index (κ2) is 8.33. The van der Waals surface area contributed by atoms with Gasteiger partial charge in [-0.15, -0.1) is 11.3 Å². The van der Waals surface area contributed by atoms with Crippen LogP contribution in [0.2, 0.25) is 5.28 Å². The molecule has 30 heavy (non-hydrogen) atoms. The van der Waals surface area contributed by atoms with Gasteiger partial charge in [0.2, 0.25) is 5.28 Å². The van der Waals surface area contributed by atoms with E-state index in [2.05, 4.69) is 36.9 Å². The van der Waals surface area contributed by atoms with Crippen LogP contribution < -0.4 is 9.80 Å². The minimum absolute atomic E-state index is 0.0474. The van der Waals surface area contributed by atoms with Crippen molar-refractivity contribution in [3.05, 3.63) is 40.1 Å². The van der Waals surface area contributed by atoms with Crippen LogP contribution in [0.3, 0.4) is 0 Å². The number of anilines is 2. The normalized spacial score (nSPS) is 17.6. The SMILES string of the molecule is O=C(c1nccs1)N1CCCN(c2nc(Cl)nc3cc(N4CCOCC4)ccc23)C1. The molecule has 2 saturated heterocycles. The number of carbonyl (C=O) groups is 1. The summed E-state index contributed by atoms with van der Waals surface area (Å²) in [6.45, 7) is 5.12. The number of ether oxygens (including phenoxy) is 1. The molecule has 0 aliphatic carbocycles. The van der Waals surface area contributed by atoms with Crippen molar-refractivity contribution in [3.8, 4) is 0 Å². The van der Waals surface area contributed by atoms with Gasteiger partial charge in [0, 0.05) is 48.8 Å². The molecule has 0 N–H and O–H groups in total. The average Bonchev–Trinajstić information content (AvgIpc) is 3.33. The zero-order chi connectivity index (χ0) is 20.5. The number of benzene rings is 1. The summed E-state index contributed by atoms with van der Waals surface area (Å²) < 4.78 is 5.45. The van der Waals surface area contributed by atoms with Crippen LogP contribution in [-0.2, 0) is 4.74 Å². The Morgan fingerprint density at radius 1 is 1.10 bits per heavy atom. The van der Waals surface area contributed by atoms with Crippen LogP contribution in [0.5, 0.6) is 0 Å². The number of nitrogens with zero attached hydrogens (tertiary/aromatic N) is 6. The highest BCUT2D eigenvalue weighted by atomic mass is 35.5. The second-order valence-corrected chi connectivity index (χ2v) is 8.51. The van der Waals surface area contributed by atoms with Crippen molar-refractivity contribution in [3.63, 3.8) is 0 Å². The molecule has 2 aromatic heterocycles. The van der Waals surface area contributed by atoms with E-state index >= 15 is 0 Å². The monoisotopic (exact) mass is 444 g/mol. The zero-order valence-corrected chi connectivity index (χ0v) is 17.9. The smallest absolute Gasteiger partial charge is 0.284 e. The number of hydrogen-bond acceptors (Lipinski definition) is 8. The Labute approximate surface area is 183 Å². The first-order valence-electron chi connectivity index (χ1n) is 9.93. The molecule has 0 radical (unpaired) electrons. The molecule has 5 rings (SSSR count). The summed E-state index contributed by atoms with van der Waals surface area (Å²) in [4.78, 5) is 32.1. The van der Waals surface area contributed by atoms with Gasteiger partial charge in [-0.3, -0.25) is 4.79 Å². The summed E-state index contributed by atoms with van der Waals surface area (Å²) in [5.41, 5.74) is 1.91. The highest BCUT2D eigenvalue weighted by Crippen LogP contribution is 2.30. The zero-order valence-electron chi connectivity index (χ0n) is 16.3. The number of aromatic nitrogens is 3. The number of thiazole rings is 1. The largest absolute Gasteiger partial charge is 0.378 e. The van der Waals surface area contributed by atoms with Crippen LogP contribution in [0.1, 0.15) is 16.2 Å². The number of hydrogen-bond donors (Lipinski definition) is 0. The molecular weight excluding hydrogens is 424 g/mol. The Bertz CT molecular complexity index is 1060. The summed E-state index contributed by atoms with van der Waals surface area (Å²) in [5.74, 6) is 0.712. The van der Waals surface area contributed by atoms with Crippen LogP contribution in [0.25, 0.3) is 10.9 Å². The van der Waals surface area contributed by atoms with E-state index in [0.29, 0.717) is 18.2 Å². The number of rotatable bonds is 3. The molecule has 4 heterocycles. The Hall–Kier alpha value is -2.49. The van der Waals surface area contributed by atoms with Crippen LogP contribution in [-0.4, -0.2) is 71.8 Å². The molecule has 0 spiro atoms. The molecule has 8 nitrogen and oxygen atoms in total. The van der Waals surface area contributed by atoms with Crippen molar-refractivity contribution in [2.45, 2.75) is 6.42 Å². The number of morpholine rings is 1. The summed E-state index contributed by atoms with van der Waals surface area (Å²) in [6.07, 6.45) is 2.51. The van der Waals surface area contributed by atoms with Gasteiger partial charge in [-0.2, -0.15) is 4.98 Å². The summed E-state index contributed by atoms with van der Waals surface area (Å²) >= 11 is 7.65. The average molecular weight is 445 g/mol. The van der Waals surface area contributed by atoms with Crippen molar-refractivity contribution in [1.82, 2.24) is 19.9 Å². The molecular formula is C20H21ClN6O2S. The van der Waals surface area contributed by atoms with E-state index in [0.717, 1.165) is 61.7 Å². The van der Waals surface area contributed by atoms with Crippen molar-refractivity contribution >= 4 is 51.3 Å². The molecule has 1 aromatic carbocycles. The first-order chi connectivity index (χ1) is 14.7. The van der Waals surface area contributed by atoms with Gasteiger partial charge in [0.15, 0.2) is 5.01 Å². The number of halogens is 1. The van der Waals surface area contributed by atoms with E-state index in [1.54, 1.807) is 6.20 Å². The third-order valence-electron chi connectivity index (χ3n) is 5.41. The topological polar surface area (TPSA) is 74.7 Å². The van der Waals surface area contributed by atoms with Crippen LogP contribution >= 0.6 is 22.9 Å². The van der Waals surface area contributed by atoms with E-state index in [9.17, 15) is 4.79 Å². The first kappa shape index (κ1) is 19.5. The quantitative estimate of drug-likeness (QED) is 0.575. The molecule has 1 amide bonds. The maximum Gasteiger partial charge on any atom is 0.284 e. The second-order valence-electron chi connectivity index (χ2n) is 7.28. The fourth-order valence-electron chi connectivity index (χ4n) is 3.94. The van der Waals surface area contributed by atoms with E-state index in [1.165, 1.54) is 11.3 Å². The van der Waals surface area contributed by atoms with E-state index < -0.39 is 0 Å². The molecule has 0 saturated carbocycles. The van der Waals surface area contributed by atoms with Crippen LogP contribution in [0, 0.1) is 0 Å². The molecule has 3 aromatic rings. The van der Waals surface area contributed by atoms with E-state index in [1.807, 2.05) is 16.3 Å². The van der Waals surface area contributed by atoms with E-state index in [4.69, 9.17) is 16.3 Å². The van der Waals surface area contributed by atoms with Crippen molar-refractivity contribution in [2.24, 2.45) is 0 Å². The Balaban J connectivity index is 1.45. The third kappa shape index (κ3) is 3.80. The summed E-state index contributed by atoms with van der Waals surface area (Å²) in [7, 11) is 0. The number of carbonyl (C=O) groups excluding carboxylic acids is 1. The standard InChI is InChI=1S/C20H21ClN6O2S/c21-20-23-16-12-14(25-7-9-29-10-8-25)2-3-15(16)17(24-20)26-5-1-6-27(13-26)19(28)18-22-4-11-30-18/h2-4,11-12H,1,5-10,13H2. The highest BCUT2D eigenvalue weighted by molar-refractivity contribution is 7.11. The minimum Gasteiger partial charge on any atom is -0.378 e. The van der Waals surface area contributed by atoms with Crippen molar-refractivity contribution in [2.75, 3.05) is 55.9 Å². The van der Waals surface area contributed by atoms with Gasteiger partial charge in [0.1, 0.15) is 5.82 Å². The van der Waals surface area contributed by atoms with Crippen LogP contribution in [0.15, 0.2) is 29.8 Å². The summed E-state index contributed by atoms with van der Waals surface area (Å²) in [5, 5.41) is 3.47. The lowest BCUT2D eigenvalue weighted by atomic mass is 10.1. The number of amides is 1. The van der Waals surface area contributed by atoms with Crippen LogP contribution in [0.4, 0.5) is 11.5 Å². The molecule has 156 valence electrons. The predicted octanol–water partition coefficient (Wildman–Crippen LogP) is 2.89. The maximum atomic E-state index is 12.8. The first-order valence-corrected chi connectivity index (χ1v) is 11.2. The number of fused-ring (bicyclic) bond motifs is 1. The predicted molar refractivity (Wildman–Crippen MR) is 118 cm³/mol. The van der Waals surface area contributed by atoms with Crippen molar-refractivity contribution in [1.29, 1.82) is 0 Å². The third-order valence-corrected chi connectivity index (χ3v) is 6.34. The maximum absolute atomic E-state index is 12.8. The Kier molecular flexibility index (Phi) is 5.41. The van der Waals surface area contributed by atoms with Gasteiger partial charge in [-0.25, -0.2) is 9.97 Å². The molecule has 2 aliphatic heterocycles. The van der Waals surface area contributed by atoms with Crippen molar-refractivity contribution < 1.29 is 9.53 Å². The molecule has 2 fully saturated rings. The Morgan fingerprint density at radius 3 is 2.77 bits per heavy atom. The van der Waals surface area contributed by atoms with Gasteiger partial charge in [-0.1, -0.05) is 0 Å². The minimum atomic E-state index is -0.0474. The molecule has 0 bridgehead atoms. The lowest BCUT2D eigenvalue weighted by Gasteiger charge is -2.36. The summed E-state index contributed by atoms with van der Waals surface area (Å²) in [6, 6.07) is 6.20. The fourth-order valence-corrected chi connectivity index (χ4v) is 4.71. The lowest BCUT2D eigenvalue weighted by Crippen LogP contribution is -2.48. The molecule has 2 aliphatic rings. The van der Waals surface area contributed by atoms with Gasteiger partial charge < -0.3 is 19.4 Å². The molecule has 0 atom stereocenters.